The Morgan fingerprint density at radius 1 is 0.612 bits per heavy atom. The zero-order valence-electron chi connectivity index (χ0n) is 54.5. The SMILES string of the molecule is C=C1N=C(N)C(C)=CN1[C@@H]1O[C@H](COP(O)(=S)OC2[C@@H](COP(O)(=S)OC3[C@@H](COP(=O)(O)OC4[C@@H](CC)O[C@@H](n5cnc6c(N)ncnc65)[C@H]4OCCOC)O[C@@H](n4cc(C)c(N)nc4=O)[C@H]3OCCOC)O[C@@H](n3cc(C)c(=O)[nH]c3=O)[C@H]2OCCOC)C(O)[C@@H]1OCCOC. The van der Waals surface area contributed by atoms with Gasteiger partial charge in [0.1, 0.15) is 96.5 Å². The van der Waals surface area contributed by atoms with Gasteiger partial charge in [-0.05, 0) is 50.8 Å². The maximum atomic E-state index is 14.5. The minimum absolute atomic E-state index is 0.0201. The monoisotopic (exact) mass is 1490 g/mol. The number of aliphatic imine (C=N–C) groups is 1. The summed E-state index contributed by atoms with van der Waals surface area (Å²) in [6, 6.07) is 0. The lowest BCUT2D eigenvalue weighted by Gasteiger charge is -2.33. The molecule has 4 aromatic heterocycles. The molecule has 0 saturated carbocycles. The van der Waals surface area contributed by atoms with Gasteiger partial charge in [0.05, 0.1) is 85.1 Å². The van der Waals surface area contributed by atoms with Crippen molar-refractivity contribution in [2.45, 2.75) is 132 Å². The first-order valence-electron chi connectivity index (χ1n) is 30.4. The minimum atomic E-state index is -5.31. The Balaban J connectivity index is 0.999. The van der Waals surface area contributed by atoms with Gasteiger partial charge in [0.25, 0.3) is 5.56 Å². The Hall–Kier alpha value is -4.89. The zero-order valence-corrected chi connectivity index (χ0v) is 58.8. The molecule has 546 valence electrons. The highest BCUT2D eigenvalue weighted by molar-refractivity contribution is 8.07. The minimum Gasteiger partial charge on any atom is -0.387 e. The number of amidine groups is 1. The number of aromatic nitrogens is 8. The number of H-pyrrole nitrogens is 1. The second-order valence-corrected chi connectivity index (χ2v) is 29.7. The van der Waals surface area contributed by atoms with Gasteiger partial charge in [-0.15, -0.1) is 0 Å². The lowest BCUT2D eigenvalue weighted by Crippen LogP contribution is -2.44. The summed E-state index contributed by atoms with van der Waals surface area (Å²) in [6.45, 7) is -1.75. The number of fused-ring (bicyclic) bond motifs is 1. The van der Waals surface area contributed by atoms with Crippen molar-refractivity contribution in [3.05, 3.63) is 91.7 Å². The van der Waals surface area contributed by atoms with Crippen molar-refractivity contribution in [2.24, 2.45) is 10.7 Å². The van der Waals surface area contributed by atoms with E-state index in [0.29, 0.717) is 11.1 Å². The summed E-state index contributed by atoms with van der Waals surface area (Å²) in [7, 11) is 0.395. The molecule has 4 saturated heterocycles. The Bertz CT molecular complexity index is 3820. The molecule has 0 aliphatic carbocycles. The van der Waals surface area contributed by atoms with Crippen LogP contribution >= 0.6 is 21.3 Å². The van der Waals surface area contributed by atoms with Crippen LogP contribution in [0.25, 0.3) is 11.2 Å². The number of nitrogen functional groups attached to an aromatic ring is 2. The van der Waals surface area contributed by atoms with Crippen LogP contribution in [0.3, 0.4) is 0 Å². The highest BCUT2D eigenvalue weighted by atomic mass is 32.5. The number of nitrogens with one attached hydrogen (secondary N) is 1. The lowest BCUT2D eigenvalue weighted by molar-refractivity contribution is -0.0936. The van der Waals surface area contributed by atoms with Gasteiger partial charge in [0.15, 0.2) is 36.4 Å². The third kappa shape index (κ3) is 18.3. The van der Waals surface area contributed by atoms with Crippen LogP contribution in [-0.2, 0) is 112 Å². The summed E-state index contributed by atoms with van der Waals surface area (Å²) in [5.41, 5.74) is 17.0. The number of imidazole rings is 1. The van der Waals surface area contributed by atoms with Gasteiger partial charge in [0.2, 0.25) is 0 Å². The number of hydrogen-bond donors (Lipinski definition) is 8. The van der Waals surface area contributed by atoms with Crippen LogP contribution in [0.5, 0.6) is 0 Å². The van der Waals surface area contributed by atoms with Crippen molar-refractivity contribution < 1.29 is 108 Å². The summed E-state index contributed by atoms with van der Waals surface area (Å²) in [5, 5.41) is 11.7. The van der Waals surface area contributed by atoms with Gasteiger partial charge in [-0.25, -0.2) is 34.1 Å². The van der Waals surface area contributed by atoms with E-state index in [4.69, 9.17) is 125 Å². The molecule has 44 heteroatoms. The first-order chi connectivity index (χ1) is 46.6. The zero-order chi connectivity index (χ0) is 71.0. The number of nitrogens with two attached hydrogens (primary N) is 3. The standard InChI is InChI=1S/C54H82N13O26P3S2/c1-10-31-37(41(81-16-12-77-7)52(87-31)67-26-60-35-46(57)58-25-59-47(35)67)91-94(72,73)84-23-33-38(42(82-17-13-78-8)50(89-33)65-20-28(3)45(56)62-53(65)70)92-96(75,98)86-24-34-39(43(83-18-14-79-9)51(90-34)66-21-29(4)48(69)63-54(66)71)93-95(74,97)85-22-32-36(68)40(80-15-11-76-6)49(88-32)64-19-27(2)44(55)61-30(64)5/h19-21,25-26,31-34,36-43,49-52,68H,5,10-18,22-24H2,1-4,6-9H3,(H2,55,61)(H,72,73)(H,74,97)(H,75,98)(H2,56,62,70)(H2,57,58,59)(H,63,69,71)/t31-,32-,33-,34-,36?,37?,38?,39?,40+,41+,42+,43+,49-,50-,51-,52-,95?,96?/m1/s1. The van der Waals surface area contributed by atoms with E-state index in [-0.39, 0.29) is 99.3 Å². The molecule has 0 bridgehead atoms. The number of phosphoric ester groups is 1. The predicted octanol–water partition coefficient (Wildman–Crippen LogP) is -0.484. The molecular weight excluding hydrogens is 1400 g/mol. The van der Waals surface area contributed by atoms with E-state index in [1.165, 1.54) is 69.9 Å². The third-order valence-corrected chi connectivity index (χ3v) is 20.1. The van der Waals surface area contributed by atoms with Crippen LogP contribution < -0.4 is 34.1 Å². The molecule has 7 unspecified atom stereocenters. The number of ether oxygens (including phenoxy) is 12. The average molecular weight is 1490 g/mol. The molecule has 9 rings (SSSR count). The average Bonchev–Trinajstić information content (AvgIpc) is 1.63. The number of aliphatic hydroxyl groups is 1. The van der Waals surface area contributed by atoms with Crippen molar-refractivity contribution >= 4 is 73.5 Å². The quantitative estimate of drug-likeness (QED) is 0.0210. The van der Waals surface area contributed by atoms with Gasteiger partial charge < -0.3 is 108 Å². The van der Waals surface area contributed by atoms with Crippen LogP contribution in [0.2, 0.25) is 0 Å². The number of phosphoric acid groups is 1. The topological polar surface area (TPSA) is 491 Å². The van der Waals surface area contributed by atoms with Crippen LogP contribution in [0.1, 0.15) is 50.1 Å². The van der Waals surface area contributed by atoms with Crippen molar-refractivity contribution in [3.63, 3.8) is 0 Å². The lowest BCUT2D eigenvalue weighted by atomic mass is 10.1. The fraction of sp³-hybridized carbons (Fsp3) is 0.667. The van der Waals surface area contributed by atoms with Gasteiger partial charge in [0, 0.05) is 63.7 Å². The first kappa shape index (κ1) is 77.3. The summed E-state index contributed by atoms with van der Waals surface area (Å²) in [6.07, 6.45) is -15.0. The summed E-state index contributed by atoms with van der Waals surface area (Å²) in [4.78, 5) is 101. The molecular formula is C54H82N13O26P3S2. The van der Waals surface area contributed by atoms with Crippen LogP contribution in [0, 0.1) is 13.8 Å². The number of rotatable bonds is 36. The molecule has 9 heterocycles. The molecule has 0 radical (unpaired) electrons. The molecule has 11 N–H and O–H groups in total. The first-order valence-corrected chi connectivity index (χ1v) is 37.1. The number of aryl methyl sites for hydroxylation is 2. The molecule has 0 aromatic carbocycles. The number of nitrogens with zero attached hydrogens (tertiary/aromatic N) is 9. The number of anilines is 2. The highest BCUT2D eigenvalue weighted by Crippen LogP contribution is 2.55. The van der Waals surface area contributed by atoms with E-state index in [2.05, 4.69) is 36.5 Å². The van der Waals surface area contributed by atoms with Crippen molar-refractivity contribution in [2.75, 3.05) is 113 Å². The summed E-state index contributed by atoms with van der Waals surface area (Å²) in [5.74, 6) is 0.330. The number of hydrogen-bond acceptors (Lipinski definition) is 34. The maximum Gasteiger partial charge on any atom is 0.472 e. The molecule has 5 aliphatic rings. The van der Waals surface area contributed by atoms with Crippen molar-refractivity contribution in [1.82, 2.24) is 43.5 Å². The van der Waals surface area contributed by atoms with E-state index >= 15 is 0 Å². The van der Waals surface area contributed by atoms with Gasteiger partial charge in [-0.2, -0.15) is 4.98 Å². The largest absolute Gasteiger partial charge is 0.472 e. The Kier molecular flexibility index (Phi) is 26.8. The van der Waals surface area contributed by atoms with E-state index < -0.39 is 156 Å². The molecule has 4 fully saturated rings. The second kappa shape index (κ2) is 33.9. The van der Waals surface area contributed by atoms with Gasteiger partial charge in [-0.1, -0.05) is 13.5 Å². The molecule has 0 amide bonds. The van der Waals surface area contributed by atoms with Crippen LogP contribution in [-0.4, -0.2) is 250 Å². The number of aromatic amines is 1. The maximum absolute atomic E-state index is 14.5. The Morgan fingerprint density at radius 3 is 1.66 bits per heavy atom. The summed E-state index contributed by atoms with van der Waals surface area (Å²) < 4.78 is 126. The van der Waals surface area contributed by atoms with Gasteiger partial charge in [-0.3, -0.25) is 41.6 Å². The van der Waals surface area contributed by atoms with E-state index in [9.17, 15) is 38.7 Å². The molecule has 98 heavy (non-hydrogen) atoms. The second-order valence-electron chi connectivity index (χ2n) is 22.7. The molecule has 5 aliphatic heterocycles. The molecule has 39 nitrogen and oxygen atoms in total. The number of aliphatic hydroxyl groups excluding tert-OH is 1. The van der Waals surface area contributed by atoms with Crippen LogP contribution in [0.15, 0.2) is 68.6 Å². The smallest absolute Gasteiger partial charge is 0.387 e. The van der Waals surface area contributed by atoms with E-state index in [1.807, 2.05) is 0 Å². The van der Waals surface area contributed by atoms with Crippen molar-refractivity contribution in [3.8, 4) is 0 Å². The van der Waals surface area contributed by atoms with Crippen LogP contribution in [0.4, 0.5) is 11.6 Å². The van der Waals surface area contributed by atoms with E-state index in [0.717, 1.165) is 9.13 Å². The Morgan fingerprint density at radius 2 is 1.10 bits per heavy atom. The fourth-order valence-corrected chi connectivity index (χ4v) is 15.0. The van der Waals surface area contributed by atoms with Gasteiger partial charge >= 0.3 is 32.6 Å². The molecule has 4 aromatic rings. The Labute approximate surface area is 570 Å². The normalized spacial score (nSPS) is 30.0. The fourth-order valence-electron chi connectivity index (χ4n) is 11.1. The predicted molar refractivity (Wildman–Crippen MR) is 348 cm³/mol. The van der Waals surface area contributed by atoms with E-state index in [1.54, 1.807) is 27.0 Å². The highest BCUT2D eigenvalue weighted by Gasteiger charge is 2.56. The molecule has 19 atom stereocenters. The summed E-state index contributed by atoms with van der Waals surface area (Å²) >= 11 is 11.3. The third-order valence-electron chi connectivity index (χ3n) is 16.0. The van der Waals surface area contributed by atoms with Crippen molar-refractivity contribution in [1.29, 1.82) is 0 Å². The molecule has 0 spiro atoms. The number of methoxy groups -OCH3 is 4.